The maximum atomic E-state index is 8.49. The Kier molecular flexibility index (Phi) is 6.14. The van der Waals surface area contributed by atoms with Gasteiger partial charge in [-0.05, 0) is 32.0 Å². The monoisotopic (exact) mass is 193 g/mol. The van der Waals surface area contributed by atoms with Gasteiger partial charge in [0.15, 0.2) is 0 Å². The lowest BCUT2D eigenvalue weighted by atomic mass is 10.1. The first-order chi connectivity index (χ1) is 6.93. The number of likely N-dealkylation sites (tertiary alicyclic amines) is 1. The summed E-state index contributed by atoms with van der Waals surface area (Å²) in [6, 6.07) is 0. The molecule has 14 heavy (non-hydrogen) atoms. The molecule has 0 bridgehead atoms. The molecule has 1 aliphatic heterocycles. The Balaban J connectivity index is 2.10. The molecular weight excluding hydrogens is 174 g/mol. The molecule has 1 fully saturated rings. The fourth-order valence-corrected chi connectivity index (χ4v) is 1.59. The van der Waals surface area contributed by atoms with Crippen LogP contribution < -0.4 is 0 Å². The Morgan fingerprint density at radius 2 is 2.00 bits per heavy atom. The number of hydrogen-bond donors (Lipinski definition) is 1. The van der Waals surface area contributed by atoms with E-state index in [2.05, 4.69) is 22.8 Å². The minimum absolute atomic E-state index is 0.160. The van der Waals surface area contributed by atoms with Crippen molar-refractivity contribution >= 4 is 0 Å². The first-order valence-corrected chi connectivity index (χ1v) is 5.40. The second-order valence-electron chi connectivity index (χ2n) is 3.56. The van der Waals surface area contributed by atoms with Gasteiger partial charge in [-0.2, -0.15) is 0 Å². The predicted molar refractivity (Wildman–Crippen MR) is 58.9 cm³/mol. The summed E-state index contributed by atoms with van der Waals surface area (Å²) in [5.41, 5.74) is 0. The molecule has 2 heteroatoms. The number of piperidine rings is 1. The van der Waals surface area contributed by atoms with E-state index in [1.54, 1.807) is 0 Å². The van der Waals surface area contributed by atoms with Crippen LogP contribution in [0.15, 0.2) is 12.2 Å². The van der Waals surface area contributed by atoms with E-state index in [-0.39, 0.29) is 6.61 Å². The summed E-state index contributed by atoms with van der Waals surface area (Å²) >= 11 is 0. The lowest BCUT2D eigenvalue weighted by molar-refractivity contribution is 0.251. The molecule has 0 aromatic carbocycles. The summed E-state index contributed by atoms with van der Waals surface area (Å²) in [6.45, 7) is 3.64. The second-order valence-corrected chi connectivity index (χ2v) is 3.56. The molecule has 0 aromatic rings. The number of nitrogens with zero attached hydrogens (tertiary/aromatic N) is 1. The van der Waals surface area contributed by atoms with Gasteiger partial charge in [0.1, 0.15) is 0 Å². The van der Waals surface area contributed by atoms with Crippen LogP contribution in [-0.2, 0) is 0 Å². The largest absolute Gasteiger partial charge is 0.395 e. The lowest BCUT2D eigenvalue weighted by Crippen LogP contribution is -2.29. The minimum Gasteiger partial charge on any atom is -0.395 e. The summed E-state index contributed by atoms with van der Waals surface area (Å²) < 4.78 is 0. The third-order valence-electron chi connectivity index (χ3n) is 2.35. The number of aliphatic hydroxyl groups excluding tert-OH is 1. The summed E-state index contributed by atoms with van der Waals surface area (Å²) in [6.07, 6.45) is 8.64. The summed E-state index contributed by atoms with van der Waals surface area (Å²) in [7, 11) is 0. The van der Waals surface area contributed by atoms with E-state index >= 15 is 0 Å². The van der Waals surface area contributed by atoms with E-state index in [1.807, 2.05) is 6.08 Å². The standard InChI is InChI=1S/C12H19NO/c14-12-8-3-1-2-5-9-13-10-6-4-7-11-13/h2,5,14H,4,6-12H2/b5-2+. The predicted octanol–water partition coefficient (Wildman–Crippen LogP) is 1.41. The van der Waals surface area contributed by atoms with Crippen LogP contribution in [0.1, 0.15) is 25.7 Å². The van der Waals surface area contributed by atoms with Crippen molar-refractivity contribution in [3.8, 4) is 11.8 Å². The highest BCUT2D eigenvalue weighted by Gasteiger charge is 2.06. The third kappa shape index (κ3) is 5.06. The topological polar surface area (TPSA) is 23.5 Å². The molecule has 0 aromatic heterocycles. The van der Waals surface area contributed by atoms with Crippen molar-refractivity contribution in [2.24, 2.45) is 0 Å². The van der Waals surface area contributed by atoms with Crippen LogP contribution in [0.4, 0.5) is 0 Å². The van der Waals surface area contributed by atoms with E-state index in [9.17, 15) is 0 Å². The van der Waals surface area contributed by atoms with Crippen LogP contribution in [0.5, 0.6) is 0 Å². The lowest BCUT2D eigenvalue weighted by Gasteiger charge is -2.24. The zero-order valence-electron chi connectivity index (χ0n) is 8.71. The highest BCUT2D eigenvalue weighted by atomic mass is 16.2. The molecule has 0 unspecified atom stereocenters. The summed E-state index contributed by atoms with van der Waals surface area (Å²) in [5.74, 6) is 5.78. The van der Waals surface area contributed by atoms with Crippen LogP contribution in [0.25, 0.3) is 0 Å². The molecule has 0 radical (unpaired) electrons. The van der Waals surface area contributed by atoms with Gasteiger partial charge in [-0.15, -0.1) is 0 Å². The highest BCUT2D eigenvalue weighted by Crippen LogP contribution is 2.07. The third-order valence-corrected chi connectivity index (χ3v) is 2.35. The van der Waals surface area contributed by atoms with E-state index in [0.29, 0.717) is 6.42 Å². The Hall–Kier alpha value is -0.780. The average molecular weight is 193 g/mol. The molecule has 1 N–H and O–H groups in total. The van der Waals surface area contributed by atoms with Crippen molar-refractivity contribution in [2.45, 2.75) is 25.7 Å². The highest BCUT2D eigenvalue weighted by molar-refractivity contribution is 5.15. The van der Waals surface area contributed by atoms with Gasteiger partial charge in [-0.1, -0.05) is 24.3 Å². The van der Waals surface area contributed by atoms with Crippen molar-refractivity contribution < 1.29 is 5.11 Å². The van der Waals surface area contributed by atoms with Crippen LogP contribution in [-0.4, -0.2) is 36.2 Å². The van der Waals surface area contributed by atoms with E-state index in [4.69, 9.17) is 5.11 Å². The zero-order chi connectivity index (χ0) is 10.1. The Bertz CT molecular complexity index is 218. The fraction of sp³-hybridized carbons (Fsp3) is 0.667. The van der Waals surface area contributed by atoms with Gasteiger partial charge < -0.3 is 5.11 Å². The smallest absolute Gasteiger partial charge is 0.0540 e. The molecule has 0 atom stereocenters. The number of allylic oxidation sites excluding steroid dienone is 1. The summed E-state index contributed by atoms with van der Waals surface area (Å²) in [4.78, 5) is 2.45. The van der Waals surface area contributed by atoms with Gasteiger partial charge in [-0.25, -0.2) is 0 Å². The molecule has 0 aliphatic carbocycles. The molecule has 0 amide bonds. The number of aliphatic hydroxyl groups is 1. The van der Waals surface area contributed by atoms with Crippen LogP contribution in [0, 0.1) is 11.8 Å². The molecule has 1 saturated heterocycles. The molecule has 0 spiro atoms. The van der Waals surface area contributed by atoms with Gasteiger partial charge in [0.05, 0.1) is 6.61 Å². The van der Waals surface area contributed by atoms with Crippen LogP contribution >= 0.6 is 0 Å². The Labute approximate surface area is 86.6 Å². The Morgan fingerprint density at radius 3 is 2.71 bits per heavy atom. The minimum atomic E-state index is 0.160. The first-order valence-electron chi connectivity index (χ1n) is 5.40. The fourth-order valence-electron chi connectivity index (χ4n) is 1.59. The van der Waals surface area contributed by atoms with Gasteiger partial charge in [0, 0.05) is 13.0 Å². The van der Waals surface area contributed by atoms with Crippen LogP contribution in [0.2, 0.25) is 0 Å². The quantitative estimate of drug-likeness (QED) is 0.685. The van der Waals surface area contributed by atoms with Crippen LogP contribution in [0.3, 0.4) is 0 Å². The Morgan fingerprint density at radius 1 is 1.21 bits per heavy atom. The number of hydrogen-bond acceptors (Lipinski definition) is 2. The van der Waals surface area contributed by atoms with Crippen molar-refractivity contribution in [3.05, 3.63) is 12.2 Å². The van der Waals surface area contributed by atoms with E-state index in [0.717, 1.165) is 6.54 Å². The van der Waals surface area contributed by atoms with Crippen molar-refractivity contribution in [1.29, 1.82) is 0 Å². The average Bonchev–Trinajstić information content (AvgIpc) is 2.25. The molecule has 0 saturated carbocycles. The van der Waals surface area contributed by atoms with Crippen molar-refractivity contribution in [1.82, 2.24) is 4.90 Å². The molecule has 78 valence electrons. The molecule has 1 rings (SSSR count). The normalized spacial score (nSPS) is 18.1. The van der Waals surface area contributed by atoms with Gasteiger partial charge in [0.2, 0.25) is 0 Å². The van der Waals surface area contributed by atoms with Crippen molar-refractivity contribution in [2.75, 3.05) is 26.2 Å². The number of rotatable bonds is 3. The SMILES string of the molecule is OCCC#C/C=C/CN1CCCCC1. The molecular formula is C12H19NO. The molecule has 2 nitrogen and oxygen atoms in total. The van der Waals surface area contributed by atoms with Gasteiger partial charge >= 0.3 is 0 Å². The maximum absolute atomic E-state index is 8.49. The first kappa shape index (κ1) is 11.3. The van der Waals surface area contributed by atoms with Gasteiger partial charge in [0.25, 0.3) is 0 Å². The van der Waals surface area contributed by atoms with E-state index < -0.39 is 0 Å². The van der Waals surface area contributed by atoms with Crippen molar-refractivity contribution in [3.63, 3.8) is 0 Å². The maximum Gasteiger partial charge on any atom is 0.0540 e. The molecule has 1 heterocycles. The summed E-state index contributed by atoms with van der Waals surface area (Å²) in [5, 5.41) is 8.49. The van der Waals surface area contributed by atoms with E-state index in [1.165, 1.54) is 32.4 Å². The molecule has 1 aliphatic rings. The zero-order valence-corrected chi connectivity index (χ0v) is 8.71. The van der Waals surface area contributed by atoms with Gasteiger partial charge in [-0.3, -0.25) is 4.90 Å². The second kappa shape index (κ2) is 7.61.